The highest BCUT2D eigenvalue weighted by Gasteiger charge is 2.12. The summed E-state index contributed by atoms with van der Waals surface area (Å²) in [5.41, 5.74) is 0.374. The number of benzene rings is 1. The fraction of sp³-hybridized carbons (Fsp3) is 0. The van der Waals surface area contributed by atoms with Crippen LogP contribution in [0.5, 0.6) is 5.95 Å². The zero-order chi connectivity index (χ0) is 9.26. The Hall–Kier alpha value is -2.01. The van der Waals surface area contributed by atoms with Gasteiger partial charge in [-0.25, -0.2) is 0 Å². The van der Waals surface area contributed by atoms with E-state index >= 15 is 0 Å². The van der Waals surface area contributed by atoms with Crippen LogP contribution in [-0.4, -0.2) is 15.7 Å². The Kier molecular flexibility index (Phi) is 2.73. The summed E-state index contributed by atoms with van der Waals surface area (Å²) >= 11 is 0. The molecule has 1 heterocycles. The van der Waals surface area contributed by atoms with Gasteiger partial charge in [-0.05, 0) is 5.56 Å². The molecule has 0 aliphatic rings. The molecule has 0 amide bonds. The van der Waals surface area contributed by atoms with Gasteiger partial charge in [0.15, 0.2) is 0 Å². The number of aromatic nitrogens is 1. The van der Waals surface area contributed by atoms with Gasteiger partial charge in [0.1, 0.15) is 5.56 Å². The fourth-order valence-electron chi connectivity index (χ4n) is 1.15. The van der Waals surface area contributed by atoms with Gasteiger partial charge in [0.2, 0.25) is 0 Å². The van der Waals surface area contributed by atoms with Crippen molar-refractivity contribution in [3.63, 3.8) is 0 Å². The number of rotatable bonds is 1. The van der Waals surface area contributed by atoms with Crippen LogP contribution in [0.15, 0.2) is 39.6 Å². The Morgan fingerprint density at radius 3 is 2.36 bits per heavy atom. The third-order valence-electron chi connectivity index (χ3n) is 1.74. The topological polar surface area (TPSA) is 97.7 Å². The summed E-state index contributed by atoms with van der Waals surface area (Å²) in [6, 6.07) is 8.83. The van der Waals surface area contributed by atoms with Crippen LogP contribution in [0.2, 0.25) is 0 Å². The average Bonchev–Trinajstić information content (AvgIpc) is 2.48. The predicted octanol–water partition coefficient (Wildman–Crippen LogP) is 0.516. The molecule has 0 aliphatic carbocycles. The molecule has 0 bridgehead atoms. The van der Waals surface area contributed by atoms with Crippen LogP contribution < -0.4 is 5.56 Å². The zero-order valence-electron chi connectivity index (χ0n) is 7.15. The molecule has 4 N–H and O–H groups in total. The van der Waals surface area contributed by atoms with E-state index in [-0.39, 0.29) is 17.0 Å². The van der Waals surface area contributed by atoms with Gasteiger partial charge >= 0.3 is 5.95 Å². The SMILES string of the molecule is O.O=c1[nH]oc(O)c1-c1ccccc1. The molecule has 2 aromatic rings. The van der Waals surface area contributed by atoms with Crippen LogP contribution in [0.1, 0.15) is 0 Å². The Bertz CT molecular complexity index is 457. The van der Waals surface area contributed by atoms with Crippen molar-refractivity contribution in [1.82, 2.24) is 5.16 Å². The van der Waals surface area contributed by atoms with E-state index in [2.05, 4.69) is 9.68 Å². The summed E-state index contributed by atoms with van der Waals surface area (Å²) < 4.78 is 4.47. The van der Waals surface area contributed by atoms with Gasteiger partial charge < -0.3 is 15.1 Å². The average molecular weight is 195 g/mol. The van der Waals surface area contributed by atoms with Crippen molar-refractivity contribution in [3.8, 4) is 17.1 Å². The van der Waals surface area contributed by atoms with Gasteiger partial charge in [-0.2, -0.15) is 5.16 Å². The fourth-order valence-corrected chi connectivity index (χ4v) is 1.15. The summed E-state index contributed by atoms with van der Waals surface area (Å²) in [5, 5.41) is 11.2. The minimum absolute atomic E-state index is 0. The highest BCUT2D eigenvalue weighted by Crippen LogP contribution is 2.23. The standard InChI is InChI=1S/C9H7NO3.H2O/c11-8-7(9(12)13-10-8)6-4-2-1-3-5-6;/h1-5,12H,(H,10,11);1H2. The van der Waals surface area contributed by atoms with Crippen molar-refractivity contribution in [3.05, 3.63) is 40.7 Å². The van der Waals surface area contributed by atoms with Crippen molar-refractivity contribution < 1.29 is 15.1 Å². The van der Waals surface area contributed by atoms with Gasteiger partial charge in [0, 0.05) is 0 Å². The van der Waals surface area contributed by atoms with Gasteiger partial charge in [-0.3, -0.25) is 4.79 Å². The van der Waals surface area contributed by atoms with E-state index in [4.69, 9.17) is 0 Å². The summed E-state index contributed by atoms with van der Waals surface area (Å²) in [5.74, 6) is -0.379. The summed E-state index contributed by atoms with van der Waals surface area (Å²) in [6.07, 6.45) is 0. The van der Waals surface area contributed by atoms with Crippen LogP contribution >= 0.6 is 0 Å². The number of aromatic hydroxyl groups is 1. The van der Waals surface area contributed by atoms with E-state index in [9.17, 15) is 9.90 Å². The van der Waals surface area contributed by atoms with Crippen molar-refractivity contribution in [2.75, 3.05) is 0 Å². The molecule has 0 atom stereocenters. The van der Waals surface area contributed by atoms with Crippen LogP contribution in [0.3, 0.4) is 0 Å². The lowest BCUT2D eigenvalue weighted by Crippen LogP contribution is -2.00. The summed E-state index contributed by atoms with van der Waals surface area (Å²) in [6.45, 7) is 0. The highest BCUT2D eigenvalue weighted by molar-refractivity contribution is 5.66. The van der Waals surface area contributed by atoms with Crippen LogP contribution in [0.25, 0.3) is 11.1 Å². The number of hydrogen-bond acceptors (Lipinski definition) is 3. The first-order valence-corrected chi connectivity index (χ1v) is 3.75. The maximum atomic E-state index is 11.1. The lowest BCUT2D eigenvalue weighted by atomic mass is 10.1. The summed E-state index contributed by atoms with van der Waals surface area (Å²) in [4.78, 5) is 11.1. The molecule has 0 fully saturated rings. The van der Waals surface area contributed by atoms with Gasteiger partial charge in [-0.15, -0.1) is 0 Å². The van der Waals surface area contributed by atoms with Crippen LogP contribution in [0.4, 0.5) is 0 Å². The van der Waals surface area contributed by atoms with Crippen molar-refractivity contribution in [1.29, 1.82) is 0 Å². The van der Waals surface area contributed by atoms with E-state index in [0.717, 1.165) is 0 Å². The maximum Gasteiger partial charge on any atom is 0.317 e. The second-order valence-electron chi connectivity index (χ2n) is 2.58. The Morgan fingerprint density at radius 2 is 1.86 bits per heavy atom. The smallest absolute Gasteiger partial charge is 0.317 e. The molecular formula is C9H9NO4. The molecule has 5 heteroatoms. The summed E-state index contributed by atoms with van der Waals surface area (Å²) in [7, 11) is 0. The first kappa shape index (κ1) is 10.1. The molecule has 0 aliphatic heterocycles. The van der Waals surface area contributed by atoms with E-state index < -0.39 is 5.56 Å². The minimum Gasteiger partial charge on any atom is -0.479 e. The highest BCUT2D eigenvalue weighted by atomic mass is 16.6. The Labute approximate surface area is 78.9 Å². The molecule has 5 nitrogen and oxygen atoms in total. The maximum absolute atomic E-state index is 11.1. The predicted molar refractivity (Wildman–Crippen MR) is 50.0 cm³/mol. The second kappa shape index (κ2) is 3.80. The normalized spacial score (nSPS) is 9.43. The zero-order valence-corrected chi connectivity index (χ0v) is 7.15. The molecule has 0 spiro atoms. The number of aromatic amines is 1. The second-order valence-corrected chi connectivity index (χ2v) is 2.58. The van der Waals surface area contributed by atoms with E-state index in [1.54, 1.807) is 24.3 Å². The van der Waals surface area contributed by atoms with Crippen molar-refractivity contribution in [2.24, 2.45) is 0 Å². The third-order valence-corrected chi connectivity index (χ3v) is 1.74. The van der Waals surface area contributed by atoms with Crippen molar-refractivity contribution in [2.45, 2.75) is 0 Å². The number of hydrogen-bond donors (Lipinski definition) is 2. The van der Waals surface area contributed by atoms with Crippen LogP contribution in [0, 0.1) is 0 Å². The van der Waals surface area contributed by atoms with Gasteiger partial charge in [-0.1, -0.05) is 30.3 Å². The van der Waals surface area contributed by atoms with E-state index in [1.165, 1.54) is 0 Å². The first-order chi connectivity index (χ1) is 6.29. The van der Waals surface area contributed by atoms with Crippen molar-refractivity contribution >= 4 is 0 Å². The minimum atomic E-state index is -0.427. The monoisotopic (exact) mass is 195 g/mol. The van der Waals surface area contributed by atoms with Crippen LogP contribution in [-0.2, 0) is 0 Å². The van der Waals surface area contributed by atoms with Gasteiger partial charge in [0.25, 0.3) is 5.56 Å². The molecule has 0 saturated carbocycles. The largest absolute Gasteiger partial charge is 0.479 e. The third kappa shape index (κ3) is 1.53. The molecule has 0 radical (unpaired) electrons. The molecule has 0 saturated heterocycles. The van der Waals surface area contributed by atoms with Gasteiger partial charge in [0.05, 0.1) is 0 Å². The van der Waals surface area contributed by atoms with E-state index in [1.807, 2.05) is 6.07 Å². The molecule has 1 aromatic carbocycles. The Morgan fingerprint density at radius 1 is 1.21 bits per heavy atom. The molecule has 1 aromatic heterocycles. The Balaban J connectivity index is 0.000000980. The molecule has 14 heavy (non-hydrogen) atoms. The number of nitrogens with one attached hydrogen (secondary N) is 1. The quantitative estimate of drug-likeness (QED) is 0.693. The molecule has 0 unspecified atom stereocenters. The first-order valence-electron chi connectivity index (χ1n) is 3.75. The molecular weight excluding hydrogens is 186 g/mol. The molecule has 74 valence electrons. The molecule has 2 rings (SSSR count). The lowest BCUT2D eigenvalue weighted by Gasteiger charge is -1.93. The van der Waals surface area contributed by atoms with E-state index in [0.29, 0.717) is 5.56 Å². The number of H-pyrrole nitrogens is 1. The lowest BCUT2D eigenvalue weighted by molar-refractivity contribution is 0.277.